The van der Waals surface area contributed by atoms with Crippen molar-refractivity contribution in [1.82, 2.24) is 10.2 Å². The quantitative estimate of drug-likeness (QED) is 0.864. The second kappa shape index (κ2) is 4.63. The predicted molar refractivity (Wildman–Crippen MR) is 61.8 cm³/mol. The Kier molecular flexibility index (Phi) is 3.22. The zero-order valence-electron chi connectivity index (χ0n) is 8.50. The van der Waals surface area contributed by atoms with Crippen molar-refractivity contribution in [3.8, 4) is 11.3 Å². The Morgan fingerprint density at radius 2 is 2.19 bits per heavy atom. The van der Waals surface area contributed by atoms with Gasteiger partial charge in [-0.25, -0.2) is 4.39 Å². The van der Waals surface area contributed by atoms with Crippen molar-refractivity contribution in [2.45, 2.75) is 6.42 Å². The largest absolute Gasteiger partial charge is 0.330 e. The van der Waals surface area contributed by atoms with Crippen LogP contribution in [0, 0.1) is 5.82 Å². The maximum absolute atomic E-state index is 12.9. The summed E-state index contributed by atoms with van der Waals surface area (Å²) in [5.41, 5.74) is 7.79. The fourth-order valence-corrected chi connectivity index (χ4v) is 1.74. The lowest BCUT2D eigenvalue weighted by Gasteiger charge is -1.99. The molecule has 3 N–H and O–H groups in total. The molecule has 0 bridgehead atoms. The molecule has 0 fully saturated rings. The highest BCUT2D eigenvalue weighted by atomic mass is 35.5. The van der Waals surface area contributed by atoms with Crippen molar-refractivity contribution < 1.29 is 4.39 Å². The highest BCUT2D eigenvalue weighted by Crippen LogP contribution is 2.27. The lowest BCUT2D eigenvalue weighted by Crippen LogP contribution is -2.02. The maximum atomic E-state index is 12.9. The maximum Gasteiger partial charge on any atom is 0.124 e. The van der Waals surface area contributed by atoms with E-state index in [4.69, 9.17) is 17.3 Å². The Bertz CT molecular complexity index is 496. The smallest absolute Gasteiger partial charge is 0.124 e. The van der Waals surface area contributed by atoms with Gasteiger partial charge < -0.3 is 5.73 Å². The monoisotopic (exact) mass is 239 g/mol. The van der Waals surface area contributed by atoms with Crippen molar-refractivity contribution in [1.29, 1.82) is 0 Å². The second-order valence-electron chi connectivity index (χ2n) is 3.44. The SMILES string of the molecule is NCCc1cc(-c2ccc(F)cc2Cl)n[nH]1. The molecule has 1 aromatic heterocycles. The highest BCUT2D eigenvalue weighted by molar-refractivity contribution is 6.33. The summed E-state index contributed by atoms with van der Waals surface area (Å²) in [6.45, 7) is 0.554. The van der Waals surface area contributed by atoms with E-state index in [1.54, 1.807) is 6.07 Å². The fourth-order valence-electron chi connectivity index (χ4n) is 1.48. The molecule has 0 aliphatic carbocycles. The number of benzene rings is 1. The summed E-state index contributed by atoms with van der Waals surface area (Å²) in [5.74, 6) is -0.355. The average molecular weight is 240 g/mol. The van der Waals surface area contributed by atoms with Crippen molar-refractivity contribution in [3.05, 3.63) is 40.8 Å². The molecule has 0 radical (unpaired) electrons. The van der Waals surface area contributed by atoms with Crippen LogP contribution < -0.4 is 5.73 Å². The van der Waals surface area contributed by atoms with Crippen LogP contribution in [0.1, 0.15) is 5.69 Å². The van der Waals surface area contributed by atoms with E-state index in [1.807, 2.05) is 6.07 Å². The van der Waals surface area contributed by atoms with E-state index in [2.05, 4.69) is 10.2 Å². The average Bonchev–Trinajstić information content (AvgIpc) is 2.67. The van der Waals surface area contributed by atoms with E-state index >= 15 is 0 Å². The van der Waals surface area contributed by atoms with Gasteiger partial charge in [0, 0.05) is 17.7 Å². The van der Waals surface area contributed by atoms with Crippen LogP contribution in [-0.4, -0.2) is 16.7 Å². The molecule has 2 aromatic rings. The molecule has 0 unspecified atom stereocenters. The lowest BCUT2D eigenvalue weighted by molar-refractivity contribution is 0.628. The summed E-state index contributed by atoms with van der Waals surface area (Å²) < 4.78 is 12.9. The van der Waals surface area contributed by atoms with Crippen LogP contribution in [0.3, 0.4) is 0 Å². The molecule has 2 rings (SSSR count). The predicted octanol–water partition coefficient (Wildman–Crippen LogP) is 2.37. The Hall–Kier alpha value is -1.39. The third kappa shape index (κ3) is 2.23. The number of aromatic nitrogens is 2. The first-order valence-electron chi connectivity index (χ1n) is 4.90. The third-order valence-corrected chi connectivity index (χ3v) is 2.56. The fraction of sp³-hybridized carbons (Fsp3) is 0.182. The molecule has 0 aliphatic rings. The number of hydrogen-bond donors (Lipinski definition) is 2. The molecule has 16 heavy (non-hydrogen) atoms. The summed E-state index contributed by atoms with van der Waals surface area (Å²) in [6.07, 6.45) is 0.728. The molecule has 0 aliphatic heterocycles. The molecule has 1 aromatic carbocycles. The Balaban J connectivity index is 2.35. The molecular formula is C11H11ClFN3. The summed E-state index contributed by atoms with van der Waals surface area (Å²) >= 11 is 5.93. The van der Waals surface area contributed by atoms with E-state index in [1.165, 1.54) is 12.1 Å². The Labute approximate surface area is 97.4 Å². The van der Waals surface area contributed by atoms with Gasteiger partial charge in [0.05, 0.1) is 10.7 Å². The zero-order chi connectivity index (χ0) is 11.5. The molecule has 84 valence electrons. The van der Waals surface area contributed by atoms with Crippen LogP contribution >= 0.6 is 11.6 Å². The van der Waals surface area contributed by atoms with Gasteiger partial charge in [-0.3, -0.25) is 5.10 Å². The van der Waals surface area contributed by atoms with Gasteiger partial charge in [0.25, 0.3) is 0 Å². The number of nitrogens with zero attached hydrogens (tertiary/aromatic N) is 1. The first kappa shape index (κ1) is 11.1. The number of rotatable bonds is 3. The van der Waals surface area contributed by atoms with Gasteiger partial charge in [-0.1, -0.05) is 11.6 Å². The summed E-state index contributed by atoms with van der Waals surface area (Å²) in [7, 11) is 0. The van der Waals surface area contributed by atoms with Crippen LogP contribution in [0.5, 0.6) is 0 Å². The van der Waals surface area contributed by atoms with Gasteiger partial charge in [0.1, 0.15) is 5.82 Å². The summed E-state index contributed by atoms with van der Waals surface area (Å²) in [4.78, 5) is 0. The van der Waals surface area contributed by atoms with Crippen molar-refractivity contribution in [3.63, 3.8) is 0 Å². The minimum absolute atomic E-state index is 0.353. The molecule has 0 saturated heterocycles. The molecule has 3 nitrogen and oxygen atoms in total. The van der Waals surface area contributed by atoms with E-state index in [-0.39, 0.29) is 5.82 Å². The first-order valence-corrected chi connectivity index (χ1v) is 5.28. The van der Waals surface area contributed by atoms with Crippen LogP contribution in [0.25, 0.3) is 11.3 Å². The summed E-state index contributed by atoms with van der Waals surface area (Å²) in [6, 6.07) is 6.11. The van der Waals surface area contributed by atoms with E-state index in [9.17, 15) is 4.39 Å². The van der Waals surface area contributed by atoms with Crippen LogP contribution in [0.4, 0.5) is 4.39 Å². The standard InChI is InChI=1S/C11H11ClFN3/c12-10-5-7(13)1-2-9(10)11-6-8(3-4-14)15-16-11/h1-2,5-6H,3-4,14H2,(H,15,16). The van der Waals surface area contributed by atoms with E-state index in [0.717, 1.165) is 12.1 Å². The molecule has 0 saturated carbocycles. The number of nitrogens with one attached hydrogen (secondary N) is 1. The molecule has 1 heterocycles. The second-order valence-corrected chi connectivity index (χ2v) is 3.85. The van der Waals surface area contributed by atoms with Gasteiger partial charge in [-0.2, -0.15) is 5.10 Å². The lowest BCUT2D eigenvalue weighted by atomic mass is 10.1. The number of H-pyrrole nitrogens is 1. The van der Waals surface area contributed by atoms with Crippen molar-refractivity contribution in [2.75, 3.05) is 6.54 Å². The molecule has 5 heteroatoms. The summed E-state index contributed by atoms with van der Waals surface area (Å²) in [5, 5.41) is 7.33. The van der Waals surface area contributed by atoms with Gasteiger partial charge >= 0.3 is 0 Å². The number of halogens is 2. The van der Waals surface area contributed by atoms with Crippen molar-refractivity contribution >= 4 is 11.6 Å². The topological polar surface area (TPSA) is 54.7 Å². The third-order valence-electron chi connectivity index (χ3n) is 2.25. The van der Waals surface area contributed by atoms with E-state index in [0.29, 0.717) is 22.8 Å². The van der Waals surface area contributed by atoms with Gasteiger partial charge in [0.15, 0.2) is 0 Å². The molecule has 0 atom stereocenters. The first-order chi connectivity index (χ1) is 7.70. The highest BCUT2D eigenvalue weighted by Gasteiger charge is 2.08. The van der Waals surface area contributed by atoms with E-state index < -0.39 is 0 Å². The van der Waals surface area contributed by atoms with Gasteiger partial charge in [-0.15, -0.1) is 0 Å². The minimum atomic E-state index is -0.355. The normalized spacial score (nSPS) is 10.7. The minimum Gasteiger partial charge on any atom is -0.330 e. The van der Waals surface area contributed by atoms with Crippen LogP contribution in [0.2, 0.25) is 5.02 Å². The van der Waals surface area contributed by atoms with Crippen LogP contribution in [-0.2, 0) is 6.42 Å². The van der Waals surface area contributed by atoms with Crippen molar-refractivity contribution in [2.24, 2.45) is 5.73 Å². The molecule has 0 amide bonds. The Morgan fingerprint density at radius 1 is 1.38 bits per heavy atom. The zero-order valence-corrected chi connectivity index (χ0v) is 9.26. The number of hydrogen-bond acceptors (Lipinski definition) is 2. The molecular weight excluding hydrogens is 229 g/mol. The molecule has 0 spiro atoms. The number of aromatic amines is 1. The van der Waals surface area contributed by atoms with Crippen LogP contribution in [0.15, 0.2) is 24.3 Å². The number of nitrogens with two attached hydrogens (primary N) is 1. The van der Waals surface area contributed by atoms with Gasteiger partial charge in [-0.05, 0) is 30.8 Å². The Morgan fingerprint density at radius 3 is 2.88 bits per heavy atom. The van der Waals surface area contributed by atoms with Gasteiger partial charge in [0.2, 0.25) is 0 Å².